The zero-order valence-electron chi connectivity index (χ0n) is 34.3. The molecule has 2 saturated carbocycles. The van der Waals surface area contributed by atoms with E-state index in [1.165, 1.54) is 16.2 Å². The first-order valence-electron chi connectivity index (χ1n) is 20.8. The molecule has 9 unspecified atom stereocenters. The zero-order valence-corrected chi connectivity index (χ0v) is 34.3. The number of hydrogen-bond donors (Lipinski definition) is 4. The molecule has 316 valence electrons. The zero-order chi connectivity index (χ0) is 42.0. The van der Waals surface area contributed by atoms with Gasteiger partial charge in [0.2, 0.25) is 11.8 Å². The van der Waals surface area contributed by atoms with Crippen molar-refractivity contribution < 1.29 is 38.9 Å². The van der Waals surface area contributed by atoms with E-state index in [1.807, 2.05) is 19.9 Å². The molecule has 4 aliphatic rings. The highest BCUT2D eigenvalue weighted by Gasteiger charge is 2.57. The van der Waals surface area contributed by atoms with Gasteiger partial charge in [0.25, 0.3) is 0 Å². The number of imide groups is 1. The van der Waals surface area contributed by atoms with Gasteiger partial charge in [0, 0.05) is 36.9 Å². The number of aromatic nitrogens is 2. The average Bonchev–Trinajstić information content (AvgIpc) is 3.21. The van der Waals surface area contributed by atoms with Crippen LogP contribution in [0.3, 0.4) is 0 Å². The van der Waals surface area contributed by atoms with E-state index in [4.69, 9.17) is 16.2 Å². The molecule has 2 saturated heterocycles. The maximum Gasteiger partial charge on any atom is 0.329 e. The first-order chi connectivity index (χ1) is 27.6. The Bertz CT molecular complexity index is 1860. The van der Waals surface area contributed by atoms with E-state index in [1.54, 1.807) is 50.3 Å². The van der Waals surface area contributed by atoms with Crippen molar-refractivity contribution in [1.82, 2.24) is 29.6 Å². The number of aliphatic hydroxyl groups excluding tert-OH is 1. The lowest BCUT2D eigenvalue weighted by atomic mass is 9.75. The number of anilines is 2. The van der Waals surface area contributed by atoms with Crippen LogP contribution in [0.2, 0.25) is 0 Å². The van der Waals surface area contributed by atoms with Crippen LogP contribution < -0.4 is 11.5 Å². The van der Waals surface area contributed by atoms with Gasteiger partial charge in [-0.3, -0.25) is 19.4 Å². The highest BCUT2D eigenvalue weighted by atomic mass is 16.5. The number of aliphatic carboxylic acids is 1. The number of aliphatic hydroxyl groups is 1. The summed E-state index contributed by atoms with van der Waals surface area (Å²) in [5.41, 5.74) is 14.3. The molecular weight excluding hydrogens is 745 g/mol. The number of nitrogen functional groups attached to an aromatic ring is 2. The van der Waals surface area contributed by atoms with Crippen molar-refractivity contribution in [2.45, 2.75) is 128 Å². The van der Waals surface area contributed by atoms with Gasteiger partial charge in [-0.2, -0.15) is 0 Å². The average molecular weight is 805 g/mol. The highest BCUT2D eigenvalue weighted by Crippen LogP contribution is 2.41. The smallest absolute Gasteiger partial charge is 0.329 e. The molecule has 4 heterocycles. The summed E-state index contributed by atoms with van der Waals surface area (Å²) in [6, 6.07) is 3.79. The second kappa shape index (κ2) is 18.0. The van der Waals surface area contributed by atoms with E-state index in [2.05, 4.69) is 9.97 Å². The number of nitrogens with zero attached hydrogens (tertiary/aromatic N) is 6. The second-order valence-corrected chi connectivity index (χ2v) is 16.9. The van der Waals surface area contributed by atoms with E-state index in [-0.39, 0.29) is 55.1 Å². The fraction of sp³-hybridized carbons (Fsp3) is 0.643. The lowest BCUT2D eigenvalue weighted by molar-refractivity contribution is -0.211. The number of carbonyl (C=O) groups excluding carboxylic acids is 4. The molecule has 4 fully saturated rings. The summed E-state index contributed by atoms with van der Waals surface area (Å²) in [7, 11) is 3.38. The minimum absolute atomic E-state index is 0.00976. The Morgan fingerprint density at radius 3 is 2.21 bits per heavy atom. The Morgan fingerprint density at radius 1 is 0.879 bits per heavy atom. The fourth-order valence-electron chi connectivity index (χ4n) is 9.82. The molecule has 2 aliphatic heterocycles. The van der Waals surface area contributed by atoms with Crippen LogP contribution in [-0.4, -0.2) is 121 Å². The maximum atomic E-state index is 13.6. The van der Waals surface area contributed by atoms with Crippen molar-refractivity contribution in [3.63, 3.8) is 0 Å². The first kappa shape index (κ1) is 42.8. The largest absolute Gasteiger partial charge is 0.480 e. The number of rotatable bonds is 14. The highest BCUT2D eigenvalue weighted by molar-refractivity contribution is 6.07. The molecule has 6 rings (SSSR count). The van der Waals surface area contributed by atoms with Crippen LogP contribution in [0.15, 0.2) is 30.5 Å². The van der Waals surface area contributed by atoms with Gasteiger partial charge in [0.15, 0.2) is 12.4 Å². The van der Waals surface area contributed by atoms with Crippen LogP contribution in [0.1, 0.15) is 101 Å². The van der Waals surface area contributed by atoms with E-state index >= 15 is 0 Å². The normalized spacial score (nSPS) is 26.7. The summed E-state index contributed by atoms with van der Waals surface area (Å²) < 4.78 is 5.33. The van der Waals surface area contributed by atoms with Gasteiger partial charge in [0.1, 0.15) is 17.7 Å². The number of esters is 1. The minimum Gasteiger partial charge on any atom is -0.480 e. The number of carboxylic acids is 1. The van der Waals surface area contributed by atoms with Crippen molar-refractivity contribution in [2.24, 2.45) is 23.7 Å². The van der Waals surface area contributed by atoms with Crippen molar-refractivity contribution in [1.29, 1.82) is 0 Å². The Hall–Kier alpha value is -4.83. The van der Waals surface area contributed by atoms with Gasteiger partial charge in [-0.15, -0.1) is 0 Å². The molecule has 2 aromatic rings. The topological polar surface area (TPSA) is 226 Å². The maximum absolute atomic E-state index is 13.6. The number of urea groups is 1. The third-order valence-electron chi connectivity index (χ3n) is 13.5. The number of β-lactam (4-membered cyclic amide) rings is 2. The number of hydrogen-bond acceptors (Lipinski definition) is 12. The third kappa shape index (κ3) is 8.63. The first-order valence-corrected chi connectivity index (χ1v) is 20.8. The molecule has 4 amide bonds. The third-order valence-corrected chi connectivity index (χ3v) is 13.5. The van der Waals surface area contributed by atoms with Crippen molar-refractivity contribution in [2.75, 3.05) is 32.2 Å². The van der Waals surface area contributed by atoms with Gasteiger partial charge in [-0.1, -0.05) is 25.7 Å². The Labute approximate surface area is 340 Å². The van der Waals surface area contributed by atoms with Crippen LogP contribution in [0.4, 0.5) is 16.4 Å². The Kier molecular flexibility index (Phi) is 13.3. The van der Waals surface area contributed by atoms with E-state index in [9.17, 15) is 34.2 Å². The molecular formula is C42H60N8O8. The number of likely N-dealkylation sites (tertiary alicyclic amines) is 2. The van der Waals surface area contributed by atoms with Gasteiger partial charge < -0.3 is 31.3 Å². The number of carboxylic acid groups (broad SMARTS) is 1. The van der Waals surface area contributed by atoms with Gasteiger partial charge in [-0.25, -0.2) is 29.3 Å². The molecule has 9 atom stereocenters. The summed E-state index contributed by atoms with van der Waals surface area (Å²) in [6.07, 6.45) is 9.16. The summed E-state index contributed by atoms with van der Waals surface area (Å²) in [4.78, 5) is 80.3. The van der Waals surface area contributed by atoms with E-state index < -0.39 is 54.1 Å². The fourth-order valence-corrected chi connectivity index (χ4v) is 9.82. The Balaban J connectivity index is 1.11. The van der Waals surface area contributed by atoms with E-state index in [0.29, 0.717) is 23.7 Å². The molecule has 58 heavy (non-hydrogen) atoms. The lowest BCUT2D eigenvalue weighted by Gasteiger charge is -2.51. The number of ether oxygens (including phenoxy) is 1. The van der Waals surface area contributed by atoms with Crippen LogP contribution in [-0.2, 0) is 36.8 Å². The monoisotopic (exact) mass is 804 g/mol. The van der Waals surface area contributed by atoms with Crippen molar-refractivity contribution in [3.8, 4) is 0 Å². The molecule has 2 aliphatic carbocycles. The summed E-state index contributed by atoms with van der Waals surface area (Å²) in [5, 5.41) is 21.8. The van der Waals surface area contributed by atoms with Crippen molar-refractivity contribution in [3.05, 3.63) is 47.3 Å². The van der Waals surface area contributed by atoms with Crippen LogP contribution >= 0.6 is 0 Å². The predicted molar refractivity (Wildman–Crippen MR) is 214 cm³/mol. The lowest BCUT2D eigenvalue weighted by Crippen LogP contribution is -2.71. The SMILES string of the molecule is CCOC(=O)C1C(Cc2ccnc(N)c2)C(=O)N1C(O)N(C)C(C)C1CCCC(c2cc(CC3C(=O)N(C(=O)N(C)C(C)C4CCCCC4)C3C(=O)O)cc(N)n2)C1. The molecule has 16 nitrogen and oxygen atoms in total. The number of carbonyl (C=O) groups is 5. The molecule has 6 N–H and O–H groups in total. The van der Waals surface area contributed by atoms with Gasteiger partial charge in [-0.05, 0) is 120 Å². The second-order valence-electron chi connectivity index (χ2n) is 16.9. The minimum atomic E-state index is -1.38. The van der Waals surface area contributed by atoms with Crippen LogP contribution in [0, 0.1) is 23.7 Å². The molecule has 2 aromatic heterocycles. The van der Waals surface area contributed by atoms with Crippen LogP contribution in [0.5, 0.6) is 0 Å². The van der Waals surface area contributed by atoms with Crippen LogP contribution in [0.25, 0.3) is 0 Å². The predicted octanol–water partition coefficient (Wildman–Crippen LogP) is 3.62. The van der Waals surface area contributed by atoms with E-state index in [0.717, 1.165) is 61.1 Å². The quantitative estimate of drug-likeness (QED) is 0.122. The molecule has 0 spiro atoms. The molecule has 0 bridgehead atoms. The number of nitrogens with two attached hydrogens (primary N) is 2. The molecule has 0 radical (unpaired) electrons. The van der Waals surface area contributed by atoms with Gasteiger partial charge >= 0.3 is 18.0 Å². The summed E-state index contributed by atoms with van der Waals surface area (Å²) in [5.74, 6) is -3.37. The molecule has 0 aromatic carbocycles. The number of pyridine rings is 2. The Morgan fingerprint density at radius 2 is 1.53 bits per heavy atom. The number of amides is 4. The summed E-state index contributed by atoms with van der Waals surface area (Å²) >= 11 is 0. The van der Waals surface area contributed by atoms with Gasteiger partial charge in [0.05, 0.1) is 18.4 Å². The van der Waals surface area contributed by atoms with Crippen molar-refractivity contribution >= 4 is 41.4 Å². The summed E-state index contributed by atoms with van der Waals surface area (Å²) in [6.45, 7) is 5.78. The standard InChI is InChI=1S/C42H60N8O8/c1-6-58-40(55)36-31(17-25-15-16-45-33(43)20-25)38(52)50(36)42(57)48(5)24(3)28-13-10-14-29(22-28)32-19-26(21-34(44)46-32)18-30-35(39(53)54)49(37(30)51)41(56)47(4)23(2)27-11-8-7-9-12-27/h15-16,19-21,23-24,27-31,35-36,42,57H,6-14,17-18,22H2,1-5H3,(H2,43,45)(H2,44,46)(H,53,54). The molecule has 16 heteroatoms.